The maximum atomic E-state index is 12.7. The Morgan fingerprint density at radius 1 is 1.37 bits per heavy atom. The number of nitrogens with zero attached hydrogens (tertiary/aromatic N) is 3. The van der Waals surface area contributed by atoms with Crippen LogP contribution in [-0.4, -0.2) is 58.1 Å². The minimum absolute atomic E-state index is 0.00945. The van der Waals surface area contributed by atoms with E-state index in [-0.39, 0.29) is 37.2 Å². The molecule has 2 fully saturated rings. The van der Waals surface area contributed by atoms with E-state index in [0.717, 1.165) is 11.2 Å². The van der Waals surface area contributed by atoms with Gasteiger partial charge in [0.05, 0.1) is 23.9 Å². The Kier molecular flexibility index (Phi) is 4.03. The molecule has 0 aliphatic carbocycles. The number of hydrogen-bond acceptors (Lipinski definition) is 5. The van der Waals surface area contributed by atoms with Crippen molar-refractivity contribution in [2.75, 3.05) is 18.8 Å². The van der Waals surface area contributed by atoms with E-state index in [1.165, 1.54) is 11.8 Å². The van der Waals surface area contributed by atoms with Crippen molar-refractivity contribution in [2.45, 2.75) is 31.6 Å². The molecule has 0 radical (unpaired) electrons. The lowest BCUT2D eigenvalue weighted by Gasteiger charge is -2.49. The fraction of sp³-hybridized carbons (Fsp3) is 0.500. The van der Waals surface area contributed by atoms with Gasteiger partial charge >= 0.3 is 0 Å². The van der Waals surface area contributed by atoms with E-state index >= 15 is 0 Å². The topological polar surface area (TPSA) is 101 Å². The summed E-state index contributed by atoms with van der Waals surface area (Å²) in [6.07, 6.45) is 4.05. The first kappa shape index (κ1) is 18.0. The summed E-state index contributed by atoms with van der Waals surface area (Å²) in [4.78, 5) is 30.2. The standard InChI is InChI=1S/C18H22N4O4S/c1-12-3-5-21-9-14(20-16(21)7-12)8-19-17(24)15-4-6-27(25,26)18(15)10-22(11-18)13(2)23/h3,5,7,9,15H,4,6,8,10-11H2,1-2H3,(H,19,24). The van der Waals surface area contributed by atoms with Crippen LogP contribution in [0.2, 0.25) is 0 Å². The fourth-order valence-electron chi connectivity index (χ4n) is 4.09. The van der Waals surface area contributed by atoms with Gasteiger partial charge in [-0.05, 0) is 31.0 Å². The van der Waals surface area contributed by atoms with E-state index in [9.17, 15) is 18.0 Å². The highest BCUT2D eigenvalue weighted by Crippen LogP contribution is 2.44. The first-order chi connectivity index (χ1) is 12.7. The second kappa shape index (κ2) is 6.05. The number of nitrogens with one attached hydrogen (secondary N) is 1. The number of rotatable bonds is 3. The van der Waals surface area contributed by atoms with Gasteiger partial charge < -0.3 is 14.6 Å². The maximum absolute atomic E-state index is 12.7. The van der Waals surface area contributed by atoms with Crippen LogP contribution in [0.1, 0.15) is 24.6 Å². The van der Waals surface area contributed by atoms with Gasteiger partial charge in [0, 0.05) is 32.4 Å². The molecule has 8 nitrogen and oxygen atoms in total. The zero-order valence-electron chi connectivity index (χ0n) is 15.3. The summed E-state index contributed by atoms with van der Waals surface area (Å²) in [5.41, 5.74) is 2.61. The summed E-state index contributed by atoms with van der Waals surface area (Å²) in [7, 11) is -3.39. The number of hydrogen-bond donors (Lipinski definition) is 1. The molecule has 27 heavy (non-hydrogen) atoms. The number of aryl methyl sites for hydroxylation is 1. The van der Waals surface area contributed by atoms with Gasteiger partial charge in [-0.2, -0.15) is 0 Å². The van der Waals surface area contributed by atoms with Crippen LogP contribution in [0.5, 0.6) is 0 Å². The van der Waals surface area contributed by atoms with Crippen LogP contribution in [0.15, 0.2) is 24.5 Å². The Morgan fingerprint density at radius 3 is 2.81 bits per heavy atom. The Labute approximate surface area is 157 Å². The lowest BCUT2D eigenvalue weighted by atomic mass is 9.82. The first-order valence-electron chi connectivity index (χ1n) is 8.92. The molecule has 0 saturated carbocycles. The van der Waals surface area contributed by atoms with Gasteiger partial charge in [-0.1, -0.05) is 0 Å². The zero-order valence-corrected chi connectivity index (χ0v) is 16.1. The number of imidazole rings is 1. The average Bonchev–Trinajstić information content (AvgIpc) is 3.07. The molecule has 4 heterocycles. The van der Waals surface area contributed by atoms with Crippen LogP contribution in [0.25, 0.3) is 5.65 Å². The molecule has 2 aliphatic heterocycles. The van der Waals surface area contributed by atoms with Gasteiger partial charge in [-0.25, -0.2) is 13.4 Å². The van der Waals surface area contributed by atoms with E-state index in [0.29, 0.717) is 12.1 Å². The molecular formula is C18H22N4O4S. The molecular weight excluding hydrogens is 368 g/mol. The number of carbonyl (C=O) groups is 2. The number of aromatic nitrogens is 2. The predicted molar refractivity (Wildman–Crippen MR) is 98.7 cm³/mol. The molecule has 1 atom stereocenters. The lowest BCUT2D eigenvalue weighted by molar-refractivity contribution is -0.138. The summed E-state index contributed by atoms with van der Waals surface area (Å²) in [5.74, 6) is -1.09. The van der Waals surface area contributed by atoms with Crippen molar-refractivity contribution in [1.29, 1.82) is 0 Å². The minimum atomic E-state index is -3.39. The number of amides is 2. The molecule has 144 valence electrons. The molecule has 1 unspecified atom stereocenters. The maximum Gasteiger partial charge on any atom is 0.225 e. The van der Waals surface area contributed by atoms with Crippen molar-refractivity contribution in [2.24, 2.45) is 5.92 Å². The Bertz CT molecular complexity index is 1040. The molecule has 1 N–H and O–H groups in total. The number of carbonyl (C=O) groups excluding carboxylic acids is 2. The predicted octanol–water partition coefficient (Wildman–Crippen LogP) is 0.295. The number of sulfone groups is 1. The summed E-state index contributed by atoms with van der Waals surface area (Å²) in [6, 6.07) is 3.93. The fourth-order valence-corrected chi connectivity index (χ4v) is 6.40. The van der Waals surface area contributed by atoms with Crippen LogP contribution in [-0.2, 0) is 26.0 Å². The zero-order chi connectivity index (χ0) is 19.4. The molecule has 1 spiro atoms. The molecule has 9 heteroatoms. The molecule has 2 aromatic heterocycles. The van der Waals surface area contributed by atoms with Gasteiger partial charge in [0.25, 0.3) is 0 Å². The second-order valence-electron chi connectivity index (χ2n) is 7.52. The molecule has 2 amide bonds. The van der Waals surface area contributed by atoms with E-state index in [1.807, 2.05) is 35.9 Å². The molecule has 2 saturated heterocycles. The first-order valence-corrected chi connectivity index (χ1v) is 10.6. The Morgan fingerprint density at radius 2 is 2.11 bits per heavy atom. The minimum Gasteiger partial charge on any atom is -0.350 e. The number of pyridine rings is 1. The normalized spacial score (nSPS) is 22.7. The third-order valence-corrected chi connectivity index (χ3v) is 8.27. The summed E-state index contributed by atoms with van der Waals surface area (Å²) in [6.45, 7) is 3.85. The summed E-state index contributed by atoms with van der Waals surface area (Å²) in [5, 5.41) is 2.84. The SMILES string of the molecule is CC(=O)N1CC2(C1)C(C(=O)NCc1cn3ccc(C)cc3n1)CCS2(=O)=O. The Hall–Kier alpha value is -2.42. The quantitative estimate of drug-likeness (QED) is 0.812. The molecule has 4 rings (SSSR count). The lowest BCUT2D eigenvalue weighted by Crippen LogP contribution is -2.69. The smallest absolute Gasteiger partial charge is 0.225 e. The molecule has 0 aromatic carbocycles. The highest BCUT2D eigenvalue weighted by atomic mass is 32.2. The van der Waals surface area contributed by atoms with Crippen LogP contribution in [0.4, 0.5) is 0 Å². The number of likely N-dealkylation sites (tertiary alicyclic amines) is 1. The van der Waals surface area contributed by atoms with E-state index in [2.05, 4.69) is 10.3 Å². The molecule has 2 aliphatic rings. The highest BCUT2D eigenvalue weighted by molar-refractivity contribution is 7.93. The van der Waals surface area contributed by atoms with Gasteiger partial charge in [0.1, 0.15) is 10.4 Å². The summed E-state index contributed by atoms with van der Waals surface area (Å²) >= 11 is 0. The summed E-state index contributed by atoms with van der Waals surface area (Å²) < 4.78 is 25.8. The van der Waals surface area contributed by atoms with Crippen molar-refractivity contribution in [3.05, 3.63) is 35.8 Å². The van der Waals surface area contributed by atoms with Crippen LogP contribution in [0.3, 0.4) is 0 Å². The van der Waals surface area contributed by atoms with Gasteiger partial charge in [-0.15, -0.1) is 0 Å². The van der Waals surface area contributed by atoms with Crippen molar-refractivity contribution < 1.29 is 18.0 Å². The number of fused-ring (bicyclic) bond motifs is 1. The van der Waals surface area contributed by atoms with Crippen molar-refractivity contribution in [3.8, 4) is 0 Å². The van der Waals surface area contributed by atoms with Gasteiger partial charge in [-0.3, -0.25) is 9.59 Å². The van der Waals surface area contributed by atoms with E-state index in [4.69, 9.17) is 0 Å². The Balaban J connectivity index is 1.48. The van der Waals surface area contributed by atoms with Crippen LogP contribution in [0, 0.1) is 12.8 Å². The largest absolute Gasteiger partial charge is 0.350 e. The average molecular weight is 390 g/mol. The van der Waals surface area contributed by atoms with Crippen molar-refractivity contribution in [3.63, 3.8) is 0 Å². The van der Waals surface area contributed by atoms with Crippen molar-refractivity contribution >= 4 is 27.3 Å². The molecule has 0 bridgehead atoms. The second-order valence-corrected chi connectivity index (χ2v) is 9.97. The van der Waals surface area contributed by atoms with E-state index in [1.54, 1.807) is 0 Å². The van der Waals surface area contributed by atoms with Gasteiger partial charge in [0.15, 0.2) is 9.84 Å². The third-order valence-electron chi connectivity index (χ3n) is 5.72. The highest BCUT2D eigenvalue weighted by Gasteiger charge is 2.64. The molecule has 2 aromatic rings. The van der Waals surface area contributed by atoms with Gasteiger partial charge in [0.2, 0.25) is 11.8 Å². The third kappa shape index (κ3) is 2.80. The van der Waals surface area contributed by atoms with Crippen LogP contribution < -0.4 is 5.32 Å². The van der Waals surface area contributed by atoms with Crippen molar-refractivity contribution in [1.82, 2.24) is 19.6 Å². The monoisotopic (exact) mass is 390 g/mol. The van der Waals surface area contributed by atoms with E-state index < -0.39 is 20.5 Å². The van der Waals surface area contributed by atoms with Crippen LogP contribution >= 0.6 is 0 Å².